The van der Waals surface area contributed by atoms with E-state index in [-0.39, 0.29) is 5.97 Å². The number of ether oxygens (including phenoxy) is 1. The summed E-state index contributed by atoms with van der Waals surface area (Å²) in [6.07, 6.45) is 2.41. The molecule has 25 heavy (non-hydrogen) atoms. The second-order valence-electron chi connectivity index (χ2n) is 5.81. The molecule has 0 N–H and O–H groups in total. The van der Waals surface area contributed by atoms with Crippen molar-refractivity contribution in [3.05, 3.63) is 64.2 Å². The van der Waals surface area contributed by atoms with E-state index in [1.54, 1.807) is 18.5 Å². The number of rotatable bonds is 7. The Kier molecular flexibility index (Phi) is 7.02. The number of aliphatic imine (C=N–C) groups is 1. The maximum atomic E-state index is 12.3. The lowest BCUT2D eigenvalue weighted by Crippen LogP contribution is -2.14. The molecule has 2 rings (SSSR count). The summed E-state index contributed by atoms with van der Waals surface area (Å²) >= 11 is 6.26. The molecule has 0 heterocycles. The number of nitrogens with zero attached hydrogens (tertiary/aromatic N) is 2. The summed E-state index contributed by atoms with van der Waals surface area (Å²) in [5.74, 6) is -0.364. The lowest BCUT2D eigenvalue weighted by molar-refractivity contribution is 0.0508. The van der Waals surface area contributed by atoms with Gasteiger partial charge in [0.15, 0.2) is 0 Å². The molecule has 2 aromatic carbocycles. The monoisotopic (exact) mass is 358 g/mol. The van der Waals surface area contributed by atoms with E-state index >= 15 is 0 Å². The fourth-order valence-electron chi connectivity index (χ4n) is 2.21. The summed E-state index contributed by atoms with van der Waals surface area (Å²) < 4.78 is 5.38. The zero-order valence-electron chi connectivity index (χ0n) is 14.8. The minimum absolute atomic E-state index is 0.334. The summed E-state index contributed by atoms with van der Waals surface area (Å²) in [6, 6.07) is 13.3. The quantitative estimate of drug-likeness (QED) is 0.410. The molecular weight excluding hydrogens is 336 g/mol. The smallest absolute Gasteiger partial charge is 0.338 e. The standard InChI is InChI=1S/C20H23ClN2O2/c1-4-23(3)14-22-19-12-15(2)17(13-18(19)21)20(24)25-11-10-16-8-6-5-7-9-16/h5-9,12-14H,4,10-11H2,1-3H3/b22-14+. The van der Waals surface area contributed by atoms with Gasteiger partial charge >= 0.3 is 5.97 Å². The van der Waals surface area contributed by atoms with Crippen molar-refractivity contribution in [3.8, 4) is 0 Å². The van der Waals surface area contributed by atoms with Crippen molar-refractivity contribution in [3.63, 3.8) is 0 Å². The number of carbonyl (C=O) groups is 1. The van der Waals surface area contributed by atoms with Gasteiger partial charge in [-0.2, -0.15) is 0 Å². The molecule has 0 saturated carbocycles. The van der Waals surface area contributed by atoms with E-state index < -0.39 is 0 Å². The molecule has 0 saturated heterocycles. The largest absolute Gasteiger partial charge is 0.462 e. The Morgan fingerprint density at radius 2 is 2.00 bits per heavy atom. The Labute approximate surface area is 154 Å². The average molecular weight is 359 g/mol. The van der Waals surface area contributed by atoms with E-state index in [1.807, 2.05) is 56.1 Å². The van der Waals surface area contributed by atoms with Gasteiger partial charge in [0.2, 0.25) is 0 Å². The number of aryl methyl sites for hydroxylation is 1. The lowest BCUT2D eigenvalue weighted by atomic mass is 10.1. The Morgan fingerprint density at radius 1 is 1.28 bits per heavy atom. The van der Waals surface area contributed by atoms with Crippen LogP contribution in [-0.4, -0.2) is 37.4 Å². The number of esters is 1. The van der Waals surface area contributed by atoms with Crippen molar-refractivity contribution < 1.29 is 9.53 Å². The van der Waals surface area contributed by atoms with Crippen LogP contribution in [0.4, 0.5) is 5.69 Å². The number of benzene rings is 2. The van der Waals surface area contributed by atoms with E-state index in [4.69, 9.17) is 16.3 Å². The first kappa shape index (κ1) is 19.0. The van der Waals surface area contributed by atoms with Crippen molar-refractivity contribution in [1.82, 2.24) is 4.90 Å². The second kappa shape index (κ2) is 9.23. The van der Waals surface area contributed by atoms with Gasteiger partial charge in [0.1, 0.15) is 0 Å². The van der Waals surface area contributed by atoms with Crippen molar-refractivity contribution >= 4 is 29.6 Å². The minimum atomic E-state index is -0.364. The van der Waals surface area contributed by atoms with Crippen LogP contribution in [0.5, 0.6) is 0 Å². The highest BCUT2D eigenvalue weighted by Crippen LogP contribution is 2.28. The Bertz CT molecular complexity index is 745. The molecule has 132 valence electrons. The van der Waals surface area contributed by atoms with Crippen LogP contribution in [0.1, 0.15) is 28.4 Å². The van der Waals surface area contributed by atoms with E-state index in [2.05, 4.69) is 4.99 Å². The molecule has 0 aliphatic carbocycles. The van der Waals surface area contributed by atoms with Gasteiger partial charge in [-0.25, -0.2) is 9.79 Å². The molecule has 0 radical (unpaired) electrons. The first-order valence-electron chi connectivity index (χ1n) is 8.27. The Balaban J connectivity index is 2.02. The van der Waals surface area contributed by atoms with E-state index in [0.29, 0.717) is 29.3 Å². The highest BCUT2D eigenvalue weighted by atomic mass is 35.5. The van der Waals surface area contributed by atoms with E-state index in [1.165, 1.54) is 0 Å². The molecule has 0 amide bonds. The van der Waals surface area contributed by atoms with Crippen molar-refractivity contribution in [1.29, 1.82) is 0 Å². The molecule has 0 spiro atoms. The third kappa shape index (κ3) is 5.61. The summed E-state index contributed by atoms with van der Waals surface area (Å²) in [4.78, 5) is 18.6. The summed E-state index contributed by atoms with van der Waals surface area (Å²) in [5.41, 5.74) is 3.04. The van der Waals surface area contributed by atoms with Crippen LogP contribution in [0, 0.1) is 6.92 Å². The third-order valence-corrected chi connectivity index (χ3v) is 4.18. The van der Waals surface area contributed by atoms with Crippen molar-refractivity contribution in [2.24, 2.45) is 4.99 Å². The van der Waals surface area contributed by atoms with E-state index in [0.717, 1.165) is 17.7 Å². The van der Waals surface area contributed by atoms with Gasteiger partial charge in [-0.15, -0.1) is 0 Å². The molecule has 0 atom stereocenters. The minimum Gasteiger partial charge on any atom is -0.462 e. The van der Waals surface area contributed by atoms with E-state index in [9.17, 15) is 4.79 Å². The normalized spacial score (nSPS) is 10.9. The first-order valence-corrected chi connectivity index (χ1v) is 8.64. The zero-order valence-corrected chi connectivity index (χ0v) is 15.6. The molecule has 0 fully saturated rings. The van der Waals surface area contributed by atoms with Gasteiger partial charge in [0.05, 0.1) is 29.2 Å². The Morgan fingerprint density at radius 3 is 2.68 bits per heavy atom. The van der Waals surface area contributed by atoms with Crippen LogP contribution < -0.4 is 0 Å². The molecule has 0 aromatic heterocycles. The first-order chi connectivity index (χ1) is 12.0. The van der Waals surface area contributed by atoms with Crippen LogP contribution in [0.25, 0.3) is 0 Å². The second-order valence-corrected chi connectivity index (χ2v) is 6.22. The predicted octanol–water partition coefficient (Wildman–Crippen LogP) is 4.66. The van der Waals surface area contributed by atoms with Crippen LogP contribution in [0.2, 0.25) is 5.02 Å². The SMILES string of the molecule is CCN(C)/C=N/c1cc(C)c(C(=O)OCCc2ccccc2)cc1Cl. The van der Waals surface area contributed by atoms with Crippen LogP contribution >= 0.6 is 11.6 Å². The third-order valence-electron chi connectivity index (χ3n) is 3.87. The fourth-order valence-corrected chi connectivity index (χ4v) is 2.42. The van der Waals surface area contributed by atoms with Gasteiger partial charge in [-0.3, -0.25) is 0 Å². The topological polar surface area (TPSA) is 41.9 Å². The Hall–Kier alpha value is -2.33. The lowest BCUT2D eigenvalue weighted by Gasteiger charge is -2.11. The average Bonchev–Trinajstić information content (AvgIpc) is 2.62. The molecule has 4 nitrogen and oxygen atoms in total. The summed E-state index contributed by atoms with van der Waals surface area (Å²) in [6.45, 7) is 5.08. The number of halogens is 1. The van der Waals surface area contributed by atoms with Gasteiger partial charge in [-0.1, -0.05) is 41.9 Å². The molecule has 0 bridgehead atoms. The predicted molar refractivity (Wildman–Crippen MR) is 103 cm³/mol. The molecule has 0 aliphatic rings. The van der Waals surface area contributed by atoms with Crippen LogP contribution in [-0.2, 0) is 11.2 Å². The fraction of sp³-hybridized carbons (Fsp3) is 0.300. The van der Waals surface area contributed by atoms with Crippen LogP contribution in [0.15, 0.2) is 47.5 Å². The molecule has 0 unspecified atom stereocenters. The molecular formula is C20H23ClN2O2. The van der Waals surface area contributed by atoms with Gasteiger partial charge in [0.25, 0.3) is 0 Å². The maximum Gasteiger partial charge on any atom is 0.338 e. The highest BCUT2D eigenvalue weighted by molar-refractivity contribution is 6.33. The molecule has 5 heteroatoms. The highest BCUT2D eigenvalue weighted by Gasteiger charge is 2.14. The summed E-state index contributed by atoms with van der Waals surface area (Å²) in [5, 5.41) is 0.432. The van der Waals surface area contributed by atoms with Crippen molar-refractivity contribution in [2.75, 3.05) is 20.2 Å². The van der Waals surface area contributed by atoms with Gasteiger partial charge < -0.3 is 9.64 Å². The zero-order chi connectivity index (χ0) is 18.2. The van der Waals surface area contributed by atoms with Gasteiger partial charge in [0, 0.05) is 20.0 Å². The van der Waals surface area contributed by atoms with Crippen molar-refractivity contribution in [2.45, 2.75) is 20.3 Å². The molecule has 0 aliphatic heterocycles. The maximum absolute atomic E-state index is 12.3. The number of hydrogen-bond acceptors (Lipinski definition) is 3. The van der Waals surface area contributed by atoms with Crippen LogP contribution in [0.3, 0.4) is 0 Å². The number of hydrogen-bond donors (Lipinski definition) is 0. The number of carbonyl (C=O) groups excluding carboxylic acids is 1. The molecule has 2 aromatic rings. The van der Waals surface area contributed by atoms with Gasteiger partial charge in [-0.05, 0) is 37.1 Å². The summed E-state index contributed by atoms with van der Waals surface area (Å²) in [7, 11) is 1.93.